The highest BCUT2D eigenvalue weighted by atomic mass is 35.5. The molecule has 0 atom stereocenters. The summed E-state index contributed by atoms with van der Waals surface area (Å²) in [5.41, 5.74) is 6.90. The van der Waals surface area contributed by atoms with Crippen LogP contribution in [0.3, 0.4) is 0 Å². The van der Waals surface area contributed by atoms with E-state index < -0.39 is 0 Å². The van der Waals surface area contributed by atoms with Crippen molar-refractivity contribution >= 4 is 17.6 Å². The highest BCUT2D eigenvalue weighted by Gasteiger charge is 2.17. The number of nitrogens with two attached hydrogens (primary N) is 1. The van der Waals surface area contributed by atoms with Crippen LogP contribution in [0.2, 0.25) is 5.02 Å². The zero-order chi connectivity index (χ0) is 16.9. The predicted octanol–water partition coefficient (Wildman–Crippen LogP) is 2.98. The van der Waals surface area contributed by atoms with Crippen LogP contribution < -0.4 is 5.73 Å². The van der Waals surface area contributed by atoms with Crippen molar-refractivity contribution in [2.45, 2.75) is 26.2 Å². The van der Waals surface area contributed by atoms with E-state index in [-0.39, 0.29) is 0 Å². The molecule has 1 aromatic heterocycles. The number of hydrogen-bond acceptors (Lipinski definition) is 4. The highest BCUT2D eigenvalue weighted by Crippen LogP contribution is 2.20. The lowest BCUT2D eigenvalue weighted by atomic mass is 10.00. The number of aromatic nitrogens is 2. The molecule has 1 saturated heterocycles. The zero-order valence-corrected chi connectivity index (χ0v) is 14.5. The normalized spacial score (nSPS) is 16.6. The van der Waals surface area contributed by atoms with E-state index in [1.807, 2.05) is 24.3 Å². The lowest BCUT2D eigenvalue weighted by molar-refractivity contribution is 0.277. The van der Waals surface area contributed by atoms with Gasteiger partial charge in [0.05, 0.1) is 6.54 Å². The Balaban J connectivity index is 1.55. The van der Waals surface area contributed by atoms with Crippen LogP contribution in [0.25, 0.3) is 11.4 Å². The molecule has 3 rings (SSSR count). The number of guanidine groups is 1. The summed E-state index contributed by atoms with van der Waals surface area (Å²) in [6, 6.07) is 7.38. The Kier molecular flexibility index (Phi) is 5.35. The van der Waals surface area contributed by atoms with Crippen LogP contribution in [-0.4, -0.2) is 40.6 Å². The van der Waals surface area contributed by atoms with E-state index in [0.29, 0.717) is 35.7 Å². The summed E-state index contributed by atoms with van der Waals surface area (Å²) in [5.74, 6) is 2.47. The van der Waals surface area contributed by atoms with Crippen LogP contribution >= 0.6 is 11.6 Å². The van der Waals surface area contributed by atoms with Gasteiger partial charge in [0.2, 0.25) is 11.7 Å². The molecule has 2 heterocycles. The van der Waals surface area contributed by atoms with Gasteiger partial charge >= 0.3 is 0 Å². The third kappa shape index (κ3) is 4.26. The van der Waals surface area contributed by atoms with Gasteiger partial charge in [0.1, 0.15) is 0 Å². The second kappa shape index (κ2) is 7.66. The second-order valence-corrected chi connectivity index (χ2v) is 6.62. The molecule has 0 amide bonds. The number of piperidine rings is 1. The average molecular weight is 348 g/mol. The molecule has 6 nitrogen and oxygen atoms in total. The molecule has 0 radical (unpaired) electrons. The second-order valence-electron chi connectivity index (χ2n) is 6.18. The van der Waals surface area contributed by atoms with Crippen molar-refractivity contribution in [1.29, 1.82) is 0 Å². The maximum atomic E-state index is 6.07. The molecule has 2 N–H and O–H groups in total. The van der Waals surface area contributed by atoms with Crippen LogP contribution in [-0.2, 0) is 6.42 Å². The summed E-state index contributed by atoms with van der Waals surface area (Å²) in [7, 11) is 0. The van der Waals surface area contributed by atoms with E-state index in [1.165, 1.54) is 12.8 Å². The van der Waals surface area contributed by atoms with Crippen LogP contribution in [0.1, 0.15) is 25.7 Å². The molecule has 2 aromatic rings. The minimum Gasteiger partial charge on any atom is -0.370 e. The van der Waals surface area contributed by atoms with E-state index in [4.69, 9.17) is 21.9 Å². The molecule has 1 aromatic carbocycles. The minimum atomic E-state index is 0.537. The first-order valence-corrected chi connectivity index (χ1v) is 8.63. The van der Waals surface area contributed by atoms with Gasteiger partial charge in [-0.1, -0.05) is 35.8 Å². The molecule has 7 heteroatoms. The molecular weight excluding hydrogens is 326 g/mol. The van der Waals surface area contributed by atoms with Gasteiger partial charge < -0.3 is 15.2 Å². The Morgan fingerprint density at radius 2 is 2.21 bits per heavy atom. The van der Waals surface area contributed by atoms with Crippen LogP contribution in [0.15, 0.2) is 33.8 Å². The molecule has 1 fully saturated rings. The van der Waals surface area contributed by atoms with Crippen LogP contribution in [0.4, 0.5) is 0 Å². The fraction of sp³-hybridized carbons (Fsp3) is 0.471. The molecule has 1 aliphatic rings. The number of rotatable bonds is 4. The largest absolute Gasteiger partial charge is 0.370 e. The summed E-state index contributed by atoms with van der Waals surface area (Å²) in [6.07, 6.45) is 2.91. The van der Waals surface area contributed by atoms with Gasteiger partial charge in [0.25, 0.3) is 0 Å². The van der Waals surface area contributed by atoms with Crippen molar-refractivity contribution in [2.75, 3.05) is 19.6 Å². The highest BCUT2D eigenvalue weighted by molar-refractivity contribution is 6.30. The Morgan fingerprint density at radius 1 is 1.42 bits per heavy atom. The molecular formula is C17H22ClN5O. The first-order valence-electron chi connectivity index (χ1n) is 8.25. The topological polar surface area (TPSA) is 80.5 Å². The molecule has 0 spiro atoms. The third-order valence-corrected chi connectivity index (χ3v) is 4.49. The first kappa shape index (κ1) is 16.8. The molecule has 0 unspecified atom stereocenters. The quantitative estimate of drug-likeness (QED) is 0.679. The van der Waals surface area contributed by atoms with Crippen LogP contribution in [0, 0.1) is 5.92 Å². The summed E-state index contributed by atoms with van der Waals surface area (Å²) < 4.78 is 5.27. The number of aliphatic imine (C=N–C) groups is 1. The molecule has 0 bridgehead atoms. The van der Waals surface area contributed by atoms with E-state index in [9.17, 15) is 0 Å². The van der Waals surface area contributed by atoms with Gasteiger partial charge in [-0.05, 0) is 30.9 Å². The summed E-state index contributed by atoms with van der Waals surface area (Å²) >= 11 is 5.98. The van der Waals surface area contributed by atoms with Gasteiger partial charge in [-0.2, -0.15) is 4.98 Å². The SMILES string of the molecule is CC1CCN(C(N)=NCCc2nc(-c3cccc(Cl)c3)no2)CC1. The maximum absolute atomic E-state index is 6.07. The van der Waals surface area contributed by atoms with E-state index in [0.717, 1.165) is 24.6 Å². The van der Waals surface area contributed by atoms with Gasteiger partial charge in [-0.15, -0.1) is 0 Å². The van der Waals surface area contributed by atoms with Gasteiger partial charge in [0, 0.05) is 30.1 Å². The fourth-order valence-electron chi connectivity index (χ4n) is 2.71. The first-order chi connectivity index (χ1) is 11.6. The summed E-state index contributed by atoms with van der Waals surface area (Å²) in [6.45, 7) is 4.78. The molecule has 1 aliphatic heterocycles. The molecule has 0 saturated carbocycles. The van der Waals surface area contributed by atoms with Crippen molar-refractivity contribution in [3.8, 4) is 11.4 Å². The molecule has 128 valence electrons. The van der Waals surface area contributed by atoms with Crippen molar-refractivity contribution in [3.05, 3.63) is 35.2 Å². The smallest absolute Gasteiger partial charge is 0.228 e. The average Bonchev–Trinajstić information content (AvgIpc) is 3.04. The monoisotopic (exact) mass is 347 g/mol. The van der Waals surface area contributed by atoms with Gasteiger partial charge in [-0.3, -0.25) is 4.99 Å². The predicted molar refractivity (Wildman–Crippen MR) is 94.9 cm³/mol. The standard InChI is InChI=1S/C17H22ClN5O/c1-12-6-9-23(10-7-12)17(19)20-8-5-15-21-16(22-24-15)13-3-2-4-14(18)11-13/h2-4,11-12H,5-10H2,1H3,(H2,19,20). The van der Waals surface area contributed by atoms with Crippen molar-refractivity contribution in [1.82, 2.24) is 15.0 Å². The number of halogens is 1. The Bertz CT molecular complexity index is 707. The minimum absolute atomic E-state index is 0.537. The summed E-state index contributed by atoms with van der Waals surface area (Å²) in [4.78, 5) is 11.0. The Morgan fingerprint density at radius 3 is 2.96 bits per heavy atom. The number of nitrogens with zero attached hydrogens (tertiary/aromatic N) is 4. The van der Waals surface area contributed by atoms with Crippen molar-refractivity contribution < 1.29 is 4.52 Å². The maximum Gasteiger partial charge on any atom is 0.228 e. The summed E-state index contributed by atoms with van der Waals surface area (Å²) in [5, 5.41) is 4.63. The molecule has 24 heavy (non-hydrogen) atoms. The van der Waals surface area contributed by atoms with Crippen molar-refractivity contribution in [3.63, 3.8) is 0 Å². The van der Waals surface area contributed by atoms with E-state index in [1.54, 1.807) is 0 Å². The third-order valence-electron chi connectivity index (χ3n) is 4.26. The van der Waals surface area contributed by atoms with E-state index >= 15 is 0 Å². The number of hydrogen-bond donors (Lipinski definition) is 1. The fourth-order valence-corrected chi connectivity index (χ4v) is 2.90. The lowest BCUT2D eigenvalue weighted by Gasteiger charge is -2.30. The van der Waals surface area contributed by atoms with Gasteiger partial charge in [-0.25, -0.2) is 0 Å². The number of benzene rings is 1. The Hall–Kier alpha value is -2.08. The lowest BCUT2D eigenvalue weighted by Crippen LogP contribution is -2.42. The number of likely N-dealkylation sites (tertiary alicyclic amines) is 1. The van der Waals surface area contributed by atoms with Crippen molar-refractivity contribution in [2.24, 2.45) is 16.6 Å². The zero-order valence-electron chi connectivity index (χ0n) is 13.8. The Labute approximate surface area is 146 Å². The van der Waals surface area contributed by atoms with E-state index in [2.05, 4.69) is 27.0 Å². The van der Waals surface area contributed by atoms with Gasteiger partial charge in [0.15, 0.2) is 5.96 Å². The molecule has 0 aliphatic carbocycles. The van der Waals surface area contributed by atoms with Crippen LogP contribution in [0.5, 0.6) is 0 Å².